The highest BCUT2D eigenvalue weighted by molar-refractivity contribution is 5.92. The number of aliphatic hydroxyl groups excluding tert-OH is 1. The number of carboxylic acids is 1. The first-order valence-electron chi connectivity index (χ1n) is 11.5. The number of pyridine rings is 1. The van der Waals surface area contributed by atoms with Gasteiger partial charge in [-0.05, 0) is 73.7 Å². The number of aromatic nitrogens is 1. The zero-order valence-electron chi connectivity index (χ0n) is 19.4. The van der Waals surface area contributed by atoms with Gasteiger partial charge in [-0.25, -0.2) is 4.79 Å². The van der Waals surface area contributed by atoms with Gasteiger partial charge in [0.25, 0.3) is 0 Å². The molecule has 34 heavy (non-hydrogen) atoms. The third-order valence-electron chi connectivity index (χ3n) is 5.78. The zero-order chi connectivity index (χ0) is 24.1. The van der Waals surface area contributed by atoms with Gasteiger partial charge in [0.05, 0.1) is 12.2 Å². The lowest BCUT2D eigenvalue weighted by molar-refractivity contribution is 0.0690. The number of ether oxygens (including phenoxy) is 2. The van der Waals surface area contributed by atoms with Gasteiger partial charge in [0, 0.05) is 31.0 Å². The minimum Gasteiger partial charge on any atom is -0.490 e. The van der Waals surface area contributed by atoms with Crippen molar-refractivity contribution in [1.82, 2.24) is 10.3 Å². The molecule has 0 amide bonds. The first-order valence-corrected chi connectivity index (χ1v) is 11.5. The molecule has 7 nitrogen and oxygen atoms in total. The largest absolute Gasteiger partial charge is 0.490 e. The molecule has 7 heteroatoms. The van der Waals surface area contributed by atoms with Crippen molar-refractivity contribution in [2.45, 2.75) is 45.0 Å². The molecule has 0 bridgehead atoms. The third kappa shape index (κ3) is 5.73. The standard InChI is InChI=1S/C27H30N2O5/c1-17(2)33-26-13-19(6-9-23(26)27(31)32)18-7-10-25-20(12-18)5-8-22(34-25)15-29-16-24(30)21-4-3-11-28-14-21/h3-4,6-7,9-14,17,22,24,29-30H,5,8,15-16H2,1-2H3,(H,31,32)/t22-,24+/m1/s1. The van der Waals surface area contributed by atoms with E-state index in [2.05, 4.69) is 16.4 Å². The Bertz CT molecular complexity index is 1130. The van der Waals surface area contributed by atoms with Crippen LogP contribution in [0.15, 0.2) is 60.9 Å². The minimum atomic E-state index is -1.01. The third-order valence-corrected chi connectivity index (χ3v) is 5.78. The number of hydrogen-bond acceptors (Lipinski definition) is 6. The Balaban J connectivity index is 1.40. The van der Waals surface area contributed by atoms with Crippen LogP contribution < -0.4 is 14.8 Å². The van der Waals surface area contributed by atoms with Crippen LogP contribution in [0.5, 0.6) is 11.5 Å². The zero-order valence-corrected chi connectivity index (χ0v) is 19.4. The van der Waals surface area contributed by atoms with Gasteiger partial charge in [-0.2, -0.15) is 0 Å². The van der Waals surface area contributed by atoms with Crippen LogP contribution in [-0.4, -0.2) is 46.5 Å². The molecule has 0 saturated heterocycles. The summed E-state index contributed by atoms with van der Waals surface area (Å²) in [6.45, 7) is 4.83. The summed E-state index contributed by atoms with van der Waals surface area (Å²) in [4.78, 5) is 15.6. The molecule has 2 heterocycles. The molecule has 0 fully saturated rings. The number of aromatic carboxylic acids is 1. The van der Waals surface area contributed by atoms with Crippen LogP contribution in [-0.2, 0) is 6.42 Å². The molecular weight excluding hydrogens is 432 g/mol. The van der Waals surface area contributed by atoms with Crippen LogP contribution in [0.1, 0.15) is 47.9 Å². The maximum atomic E-state index is 11.5. The normalized spacial score (nSPS) is 15.9. The van der Waals surface area contributed by atoms with E-state index in [1.54, 1.807) is 24.5 Å². The second-order valence-electron chi connectivity index (χ2n) is 8.74. The van der Waals surface area contributed by atoms with E-state index in [1.165, 1.54) is 0 Å². The number of aliphatic hydroxyl groups is 1. The Morgan fingerprint density at radius 3 is 2.74 bits per heavy atom. The summed E-state index contributed by atoms with van der Waals surface area (Å²) in [6.07, 6.45) is 4.40. The van der Waals surface area contributed by atoms with E-state index in [0.29, 0.717) is 18.8 Å². The monoisotopic (exact) mass is 462 g/mol. The second-order valence-corrected chi connectivity index (χ2v) is 8.74. The number of benzene rings is 2. The SMILES string of the molecule is CC(C)Oc1cc(-c2ccc3c(c2)CC[C@H](CNC[C@H](O)c2cccnc2)O3)ccc1C(=O)O. The van der Waals surface area contributed by atoms with E-state index in [1.807, 2.05) is 44.2 Å². The number of carboxylic acid groups (broad SMARTS) is 1. The molecule has 0 saturated carbocycles. The fourth-order valence-electron chi connectivity index (χ4n) is 4.07. The summed E-state index contributed by atoms with van der Waals surface area (Å²) in [5.41, 5.74) is 3.96. The quantitative estimate of drug-likeness (QED) is 0.437. The maximum Gasteiger partial charge on any atom is 0.339 e. The molecule has 0 radical (unpaired) electrons. The van der Waals surface area contributed by atoms with Crippen molar-refractivity contribution < 1.29 is 24.5 Å². The minimum absolute atomic E-state index is 0.0281. The van der Waals surface area contributed by atoms with E-state index in [4.69, 9.17) is 9.47 Å². The molecule has 4 rings (SSSR count). The van der Waals surface area contributed by atoms with Gasteiger partial charge in [-0.3, -0.25) is 4.98 Å². The maximum absolute atomic E-state index is 11.5. The molecule has 1 aliphatic heterocycles. The first kappa shape index (κ1) is 23.7. The van der Waals surface area contributed by atoms with E-state index < -0.39 is 12.1 Å². The Kier molecular flexibility index (Phi) is 7.45. The molecular formula is C27H30N2O5. The number of rotatable bonds is 9. The van der Waals surface area contributed by atoms with Gasteiger partial charge in [0.1, 0.15) is 23.2 Å². The van der Waals surface area contributed by atoms with Crippen molar-refractivity contribution in [2.75, 3.05) is 13.1 Å². The molecule has 2 aromatic carbocycles. The summed E-state index contributed by atoms with van der Waals surface area (Å²) in [7, 11) is 0. The van der Waals surface area contributed by atoms with Crippen LogP contribution in [0.4, 0.5) is 0 Å². The number of aryl methyl sites for hydroxylation is 1. The predicted octanol–water partition coefficient (Wildman–Crippen LogP) is 4.25. The van der Waals surface area contributed by atoms with E-state index >= 15 is 0 Å². The number of nitrogens with one attached hydrogen (secondary N) is 1. The van der Waals surface area contributed by atoms with Crippen molar-refractivity contribution in [3.05, 3.63) is 77.6 Å². The van der Waals surface area contributed by atoms with Gasteiger partial charge >= 0.3 is 5.97 Å². The van der Waals surface area contributed by atoms with Crippen molar-refractivity contribution in [3.8, 4) is 22.6 Å². The van der Waals surface area contributed by atoms with Crippen LogP contribution in [0.25, 0.3) is 11.1 Å². The van der Waals surface area contributed by atoms with Crippen molar-refractivity contribution >= 4 is 5.97 Å². The molecule has 3 aromatic rings. The highest BCUT2D eigenvalue weighted by Gasteiger charge is 2.21. The van der Waals surface area contributed by atoms with Crippen LogP contribution in [0.2, 0.25) is 0 Å². The lowest BCUT2D eigenvalue weighted by Gasteiger charge is -2.27. The number of carbonyl (C=O) groups is 1. The molecule has 1 aromatic heterocycles. The van der Waals surface area contributed by atoms with E-state index in [9.17, 15) is 15.0 Å². The molecule has 0 spiro atoms. The van der Waals surface area contributed by atoms with Crippen LogP contribution >= 0.6 is 0 Å². The van der Waals surface area contributed by atoms with Crippen molar-refractivity contribution in [1.29, 1.82) is 0 Å². The van der Waals surface area contributed by atoms with Gasteiger partial charge in [0.15, 0.2) is 0 Å². The Morgan fingerprint density at radius 2 is 2.00 bits per heavy atom. The van der Waals surface area contributed by atoms with E-state index in [0.717, 1.165) is 40.8 Å². The lowest BCUT2D eigenvalue weighted by Crippen LogP contribution is -2.36. The van der Waals surface area contributed by atoms with Crippen LogP contribution in [0.3, 0.4) is 0 Å². The molecule has 3 N–H and O–H groups in total. The molecule has 178 valence electrons. The topological polar surface area (TPSA) is 101 Å². The average Bonchev–Trinajstić information content (AvgIpc) is 2.83. The number of nitrogens with zero attached hydrogens (tertiary/aromatic N) is 1. The van der Waals surface area contributed by atoms with Gasteiger partial charge in [-0.15, -0.1) is 0 Å². The Hall–Kier alpha value is -3.42. The fourth-order valence-corrected chi connectivity index (χ4v) is 4.07. The van der Waals surface area contributed by atoms with Crippen molar-refractivity contribution in [2.24, 2.45) is 0 Å². The molecule has 0 aliphatic carbocycles. The highest BCUT2D eigenvalue weighted by atomic mass is 16.5. The number of hydrogen-bond donors (Lipinski definition) is 3. The fraction of sp³-hybridized carbons (Fsp3) is 0.333. The second kappa shape index (κ2) is 10.7. The van der Waals surface area contributed by atoms with E-state index in [-0.39, 0.29) is 17.8 Å². The van der Waals surface area contributed by atoms with Gasteiger partial charge in [-0.1, -0.05) is 18.2 Å². The van der Waals surface area contributed by atoms with Crippen LogP contribution in [0, 0.1) is 0 Å². The predicted molar refractivity (Wildman–Crippen MR) is 129 cm³/mol. The van der Waals surface area contributed by atoms with Crippen molar-refractivity contribution in [3.63, 3.8) is 0 Å². The smallest absolute Gasteiger partial charge is 0.339 e. The molecule has 0 unspecified atom stereocenters. The molecule has 2 atom stereocenters. The first-order chi connectivity index (χ1) is 16.4. The molecule has 1 aliphatic rings. The number of fused-ring (bicyclic) bond motifs is 1. The summed E-state index contributed by atoms with van der Waals surface area (Å²) in [6, 6.07) is 14.9. The van der Waals surface area contributed by atoms with Gasteiger partial charge < -0.3 is 25.0 Å². The Morgan fingerprint density at radius 1 is 1.21 bits per heavy atom. The average molecular weight is 463 g/mol. The summed E-state index contributed by atoms with van der Waals surface area (Å²) in [5, 5.41) is 23.0. The Labute approximate surface area is 199 Å². The van der Waals surface area contributed by atoms with Gasteiger partial charge in [0.2, 0.25) is 0 Å². The lowest BCUT2D eigenvalue weighted by atomic mass is 9.96. The highest BCUT2D eigenvalue weighted by Crippen LogP contribution is 2.34. The summed E-state index contributed by atoms with van der Waals surface area (Å²) < 4.78 is 11.9. The summed E-state index contributed by atoms with van der Waals surface area (Å²) in [5.74, 6) is 0.220. The summed E-state index contributed by atoms with van der Waals surface area (Å²) >= 11 is 0.